The number of aromatic nitrogens is 1. The van der Waals surface area contributed by atoms with E-state index in [-0.39, 0.29) is 21.6 Å². The fourth-order valence-corrected chi connectivity index (χ4v) is 3.05. The van der Waals surface area contributed by atoms with Crippen molar-refractivity contribution in [2.24, 2.45) is 0 Å². The number of nitrogens with one attached hydrogen (secondary N) is 1. The van der Waals surface area contributed by atoms with Crippen LogP contribution in [0.3, 0.4) is 0 Å². The lowest BCUT2D eigenvalue weighted by atomic mass is 10.3. The minimum atomic E-state index is -3.22. The van der Waals surface area contributed by atoms with E-state index >= 15 is 0 Å². The highest BCUT2D eigenvalue weighted by Crippen LogP contribution is 2.17. The Morgan fingerprint density at radius 1 is 1.39 bits per heavy atom. The van der Waals surface area contributed by atoms with Crippen LogP contribution in [-0.2, 0) is 9.84 Å². The molecule has 2 heterocycles. The molecule has 0 radical (unpaired) electrons. The van der Waals surface area contributed by atoms with E-state index in [0.717, 1.165) is 5.41 Å². The molecular formula is C10H8Cl2N2O3S. The van der Waals surface area contributed by atoms with E-state index in [1.165, 1.54) is 18.2 Å². The van der Waals surface area contributed by atoms with Crippen LogP contribution in [0.1, 0.15) is 10.5 Å². The molecule has 8 heteroatoms. The molecule has 0 aliphatic carbocycles. The SMILES string of the molecule is O=C(NC1C=CS(=O)(=O)C1)c1nc(Cl)ccc1Cl. The molecule has 2 rings (SSSR count). The molecule has 0 spiro atoms. The first-order chi connectivity index (χ1) is 8.37. The topological polar surface area (TPSA) is 76.1 Å². The van der Waals surface area contributed by atoms with Gasteiger partial charge in [-0.1, -0.05) is 23.2 Å². The molecule has 0 saturated heterocycles. The molecular weight excluding hydrogens is 299 g/mol. The van der Waals surface area contributed by atoms with Crippen LogP contribution in [0.4, 0.5) is 0 Å². The summed E-state index contributed by atoms with van der Waals surface area (Å²) in [5, 5.41) is 3.88. The summed E-state index contributed by atoms with van der Waals surface area (Å²) < 4.78 is 22.4. The van der Waals surface area contributed by atoms with Crippen molar-refractivity contribution in [3.05, 3.63) is 39.5 Å². The van der Waals surface area contributed by atoms with Crippen LogP contribution in [0.15, 0.2) is 23.6 Å². The van der Waals surface area contributed by atoms with Gasteiger partial charge in [0, 0.05) is 5.41 Å². The van der Waals surface area contributed by atoms with Crippen LogP contribution < -0.4 is 5.32 Å². The first-order valence-electron chi connectivity index (χ1n) is 4.91. The molecule has 1 unspecified atom stereocenters. The van der Waals surface area contributed by atoms with Crippen molar-refractivity contribution in [1.82, 2.24) is 10.3 Å². The average Bonchev–Trinajstić information content (AvgIpc) is 2.61. The van der Waals surface area contributed by atoms with Gasteiger partial charge in [0.1, 0.15) is 10.8 Å². The van der Waals surface area contributed by atoms with Crippen LogP contribution in [0.25, 0.3) is 0 Å². The van der Waals surface area contributed by atoms with E-state index in [9.17, 15) is 13.2 Å². The van der Waals surface area contributed by atoms with E-state index in [0.29, 0.717) is 0 Å². The number of amides is 1. The molecule has 1 aliphatic heterocycles. The average molecular weight is 307 g/mol. The number of nitrogens with zero attached hydrogens (tertiary/aromatic N) is 1. The minimum Gasteiger partial charge on any atom is -0.343 e. The molecule has 1 aromatic rings. The van der Waals surface area contributed by atoms with Gasteiger partial charge in [-0.15, -0.1) is 0 Å². The van der Waals surface area contributed by atoms with Gasteiger partial charge in [-0.2, -0.15) is 0 Å². The van der Waals surface area contributed by atoms with Gasteiger partial charge in [-0.05, 0) is 18.2 Å². The maximum absolute atomic E-state index is 11.8. The highest BCUT2D eigenvalue weighted by atomic mass is 35.5. The van der Waals surface area contributed by atoms with E-state index in [4.69, 9.17) is 23.2 Å². The number of halogens is 2. The van der Waals surface area contributed by atoms with Gasteiger partial charge in [0.2, 0.25) is 0 Å². The van der Waals surface area contributed by atoms with Gasteiger partial charge in [0.25, 0.3) is 5.91 Å². The first kappa shape index (κ1) is 13.3. The summed E-state index contributed by atoms with van der Waals surface area (Å²) in [6, 6.07) is 2.34. The van der Waals surface area contributed by atoms with Crippen molar-refractivity contribution in [2.45, 2.75) is 6.04 Å². The Morgan fingerprint density at radius 3 is 2.72 bits per heavy atom. The number of pyridine rings is 1. The summed E-state index contributed by atoms with van der Waals surface area (Å²) >= 11 is 11.5. The van der Waals surface area contributed by atoms with Gasteiger partial charge in [0.05, 0.1) is 16.8 Å². The monoisotopic (exact) mass is 306 g/mol. The van der Waals surface area contributed by atoms with Gasteiger partial charge >= 0.3 is 0 Å². The molecule has 1 aromatic heterocycles. The summed E-state index contributed by atoms with van der Waals surface area (Å²) in [5.74, 6) is -0.717. The van der Waals surface area contributed by atoms with Gasteiger partial charge in [-0.25, -0.2) is 13.4 Å². The van der Waals surface area contributed by atoms with E-state index in [2.05, 4.69) is 10.3 Å². The summed E-state index contributed by atoms with van der Waals surface area (Å²) in [6.45, 7) is 0. The van der Waals surface area contributed by atoms with Crippen molar-refractivity contribution in [3.8, 4) is 0 Å². The number of hydrogen-bond donors (Lipinski definition) is 1. The quantitative estimate of drug-likeness (QED) is 0.839. The molecule has 0 bridgehead atoms. The Bertz CT molecular complexity index is 628. The fraction of sp³-hybridized carbons (Fsp3) is 0.200. The number of sulfone groups is 1. The van der Waals surface area contributed by atoms with Crippen LogP contribution in [0.5, 0.6) is 0 Å². The summed E-state index contributed by atoms with van der Waals surface area (Å²) in [4.78, 5) is 15.6. The Kier molecular flexibility index (Phi) is 3.61. The molecule has 1 atom stereocenters. The van der Waals surface area contributed by atoms with E-state index in [1.54, 1.807) is 0 Å². The number of carbonyl (C=O) groups excluding carboxylic acids is 1. The minimum absolute atomic E-state index is 0.0261. The standard InChI is InChI=1S/C10H8Cl2N2O3S/c11-7-1-2-8(12)14-9(7)10(15)13-6-3-4-18(16,17)5-6/h1-4,6H,5H2,(H,13,15). The first-order valence-corrected chi connectivity index (χ1v) is 7.38. The lowest BCUT2D eigenvalue weighted by Gasteiger charge is -2.10. The second-order valence-electron chi connectivity index (χ2n) is 3.70. The lowest BCUT2D eigenvalue weighted by molar-refractivity contribution is 0.0943. The molecule has 1 amide bonds. The molecule has 1 aliphatic rings. The normalized spacial score (nSPS) is 20.9. The molecule has 96 valence electrons. The Balaban J connectivity index is 2.14. The smallest absolute Gasteiger partial charge is 0.271 e. The maximum atomic E-state index is 11.8. The van der Waals surface area contributed by atoms with E-state index < -0.39 is 21.8 Å². The molecule has 0 fully saturated rings. The highest BCUT2D eigenvalue weighted by molar-refractivity contribution is 7.94. The van der Waals surface area contributed by atoms with Crippen molar-refractivity contribution < 1.29 is 13.2 Å². The molecule has 0 aromatic carbocycles. The largest absolute Gasteiger partial charge is 0.343 e. The van der Waals surface area contributed by atoms with Crippen LogP contribution in [-0.4, -0.2) is 31.1 Å². The zero-order valence-electron chi connectivity index (χ0n) is 8.93. The highest BCUT2D eigenvalue weighted by Gasteiger charge is 2.24. The summed E-state index contributed by atoms with van der Waals surface area (Å²) in [7, 11) is -3.22. The fourth-order valence-electron chi connectivity index (χ4n) is 1.48. The second-order valence-corrected chi connectivity index (χ2v) is 6.43. The second kappa shape index (κ2) is 4.87. The summed E-state index contributed by atoms with van der Waals surface area (Å²) in [6.07, 6.45) is 1.41. The van der Waals surface area contributed by atoms with Crippen molar-refractivity contribution >= 4 is 38.9 Å². The number of hydrogen-bond acceptors (Lipinski definition) is 4. The van der Waals surface area contributed by atoms with Gasteiger partial charge in [-0.3, -0.25) is 4.79 Å². The van der Waals surface area contributed by atoms with Crippen molar-refractivity contribution in [2.75, 3.05) is 5.75 Å². The predicted molar refractivity (Wildman–Crippen MR) is 68.4 cm³/mol. The lowest BCUT2D eigenvalue weighted by Crippen LogP contribution is -2.36. The van der Waals surface area contributed by atoms with Crippen LogP contribution >= 0.6 is 23.2 Å². The molecule has 0 saturated carbocycles. The molecule has 18 heavy (non-hydrogen) atoms. The Morgan fingerprint density at radius 2 is 2.11 bits per heavy atom. The third kappa shape index (κ3) is 3.01. The summed E-state index contributed by atoms with van der Waals surface area (Å²) in [5.41, 5.74) is -0.0261. The zero-order valence-corrected chi connectivity index (χ0v) is 11.3. The van der Waals surface area contributed by atoms with Crippen LogP contribution in [0.2, 0.25) is 10.2 Å². The Hall–Kier alpha value is -1.11. The van der Waals surface area contributed by atoms with Gasteiger partial charge < -0.3 is 5.32 Å². The zero-order chi connectivity index (χ0) is 13.3. The third-order valence-electron chi connectivity index (χ3n) is 2.27. The maximum Gasteiger partial charge on any atom is 0.271 e. The molecule has 1 N–H and O–H groups in total. The predicted octanol–water partition coefficient (Wildman–Crippen LogP) is 1.43. The Labute approximate surface area is 114 Å². The third-order valence-corrected chi connectivity index (χ3v) is 4.18. The molecule has 5 nitrogen and oxygen atoms in total. The number of rotatable bonds is 2. The van der Waals surface area contributed by atoms with Crippen molar-refractivity contribution in [1.29, 1.82) is 0 Å². The van der Waals surface area contributed by atoms with Gasteiger partial charge in [0.15, 0.2) is 9.84 Å². The van der Waals surface area contributed by atoms with E-state index in [1.807, 2.05) is 0 Å². The number of carbonyl (C=O) groups is 1. The van der Waals surface area contributed by atoms with Crippen LogP contribution in [0, 0.1) is 0 Å². The van der Waals surface area contributed by atoms with Crippen molar-refractivity contribution in [3.63, 3.8) is 0 Å².